The van der Waals surface area contributed by atoms with Crippen molar-refractivity contribution in [3.63, 3.8) is 0 Å². The molecule has 4 rings (SSSR count). The molecular weight excluding hydrogens is 420 g/mol. The summed E-state index contributed by atoms with van der Waals surface area (Å²) in [7, 11) is 0. The number of anilines is 2. The maximum atomic E-state index is 13.0. The number of rotatable bonds is 5. The number of carbonyl (C=O) groups excluding carboxylic acids is 1. The van der Waals surface area contributed by atoms with E-state index in [-0.39, 0.29) is 12.0 Å². The van der Waals surface area contributed by atoms with Crippen molar-refractivity contribution in [1.82, 2.24) is 25.1 Å². The molecular formula is C20H24N6O2S2. The van der Waals surface area contributed by atoms with Crippen LogP contribution in [0.15, 0.2) is 12.1 Å². The fraction of sp³-hybridized carbons (Fsp3) is 0.450. The highest BCUT2D eigenvalue weighted by Crippen LogP contribution is 2.28. The average molecular weight is 445 g/mol. The van der Waals surface area contributed by atoms with Crippen molar-refractivity contribution < 1.29 is 9.53 Å². The van der Waals surface area contributed by atoms with Crippen molar-refractivity contribution in [1.29, 1.82) is 0 Å². The van der Waals surface area contributed by atoms with Gasteiger partial charge in [0.25, 0.3) is 5.91 Å². The molecule has 10 heteroatoms. The van der Waals surface area contributed by atoms with E-state index in [1.165, 1.54) is 22.7 Å². The molecule has 0 spiro atoms. The number of hydrogen-bond donors (Lipinski definition) is 1. The van der Waals surface area contributed by atoms with E-state index >= 15 is 0 Å². The van der Waals surface area contributed by atoms with E-state index in [4.69, 9.17) is 4.74 Å². The predicted octanol–water partition coefficient (Wildman–Crippen LogP) is 3.83. The van der Waals surface area contributed by atoms with Gasteiger partial charge in [-0.2, -0.15) is 0 Å². The topological polar surface area (TPSA) is 93.1 Å². The fourth-order valence-electron chi connectivity index (χ4n) is 3.39. The zero-order chi connectivity index (χ0) is 21.3. The summed E-state index contributed by atoms with van der Waals surface area (Å²) in [6.07, 6.45) is 0.580. The van der Waals surface area contributed by atoms with Gasteiger partial charge in [0, 0.05) is 17.9 Å². The number of hydrogen-bond acceptors (Lipinski definition) is 9. The first-order valence-electron chi connectivity index (χ1n) is 9.85. The number of aryl methyl sites for hydroxylation is 4. The van der Waals surface area contributed by atoms with Gasteiger partial charge < -0.3 is 15.0 Å². The highest BCUT2D eigenvalue weighted by atomic mass is 32.1. The lowest BCUT2D eigenvalue weighted by molar-refractivity contribution is -0.0246. The number of nitrogens with zero attached hydrogens (tertiary/aromatic N) is 5. The molecule has 1 aliphatic rings. The van der Waals surface area contributed by atoms with Gasteiger partial charge in [0.05, 0.1) is 29.5 Å². The van der Waals surface area contributed by atoms with Gasteiger partial charge in [-0.05, 0) is 39.3 Å². The smallest absolute Gasteiger partial charge is 0.266 e. The molecule has 0 aliphatic carbocycles. The summed E-state index contributed by atoms with van der Waals surface area (Å²) in [5, 5.41) is 14.3. The molecule has 158 valence electrons. The summed E-state index contributed by atoms with van der Waals surface area (Å²) >= 11 is 2.98. The third-order valence-electron chi connectivity index (χ3n) is 4.78. The molecule has 0 bridgehead atoms. The van der Waals surface area contributed by atoms with E-state index in [1.807, 2.05) is 37.8 Å². The van der Waals surface area contributed by atoms with E-state index in [0.29, 0.717) is 24.6 Å². The number of carbonyl (C=O) groups is 1. The lowest BCUT2D eigenvalue weighted by atomic mass is 10.1. The molecule has 0 saturated carbocycles. The minimum absolute atomic E-state index is 0.0124. The molecule has 1 fully saturated rings. The van der Waals surface area contributed by atoms with E-state index in [0.717, 1.165) is 44.3 Å². The van der Waals surface area contributed by atoms with Gasteiger partial charge in [0.2, 0.25) is 5.13 Å². The number of nitrogens with one attached hydrogen (secondary N) is 1. The molecule has 1 N–H and O–H groups in total. The minimum atomic E-state index is -0.280. The molecule has 3 aromatic heterocycles. The Balaban J connectivity index is 1.52. The third-order valence-corrected chi connectivity index (χ3v) is 6.82. The van der Waals surface area contributed by atoms with Crippen LogP contribution >= 0.6 is 22.7 Å². The lowest BCUT2D eigenvalue weighted by Crippen LogP contribution is -2.42. The predicted molar refractivity (Wildman–Crippen MR) is 118 cm³/mol. The van der Waals surface area contributed by atoms with Crippen LogP contribution in [-0.4, -0.2) is 50.7 Å². The molecule has 4 heterocycles. The van der Waals surface area contributed by atoms with Crippen LogP contribution in [0.4, 0.5) is 10.8 Å². The van der Waals surface area contributed by atoms with Crippen LogP contribution in [0.2, 0.25) is 0 Å². The Bertz CT molecular complexity index is 1060. The van der Waals surface area contributed by atoms with Gasteiger partial charge in [-0.15, -0.1) is 21.5 Å². The van der Waals surface area contributed by atoms with Gasteiger partial charge in [-0.1, -0.05) is 18.3 Å². The molecule has 0 radical (unpaired) electrons. The Morgan fingerprint density at radius 2 is 2.07 bits per heavy atom. The number of pyridine rings is 1. The second-order valence-corrected chi connectivity index (χ2v) is 9.42. The van der Waals surface area contributed by atoms with E-state index in [9.17, 15) is 4.79 Å². The summed E-state index contributed by atoms with van der Waals surface area (Å²) < 4.78 is 5.98. The van der Waals surface area contributed by atoms with Crippen LogP contribution in [0.5, 0.6) is 0 Å². The van der Waals surface area contributed by atoms with Crippen molar-refractivity contribution in [2.45, 2.75) is 40.2 Å². The van der Waals surface area contributed by atoms with Crippen LogP contribution in [0.1, 0.15) is 49.8 Å². The Morgan fingerprint density at radius 3 is 2.77 bits per heavy atom. The van der Waals surface area contributed by atoms with Gasteiger partial charge in [-0.25, -0.2) is 4.98 Å². The van der Waals surface area contributed by atoms with Gasteiger partial charge in [-0.3, -0.25) is 9.78 Å². The third kappa shape index (κ3) is 4.50. The largest absolute Gasteiger partial charge is 0.368 e. The maximum absolute atomic E-state index is 13.0. The quantitative estimate of drug-likeness (QED) is 0.639. The monoisotopic (exact) mass is 444 g/mol. The van der Waals surface area contributed by atoms with Crippen molar-refractivity contribution >= 4 is 39.4 Å². The molecule has 0 aromatic carbocycles. The molecule has 1 saturated heterocycles. The first-order valence-corrected chi connectivity index (χ1v) is 11.5. The highest BCUT2D eigenvalue weighted by Gasteiger charge is 2.29. The Morgan fingerprint density at radius 1 is 1.23 bits per heavy atom. The van der Waals surface area contributed by atoms with Crippen LogP contribution < -0.4 is 5.32 Å². The summed E-state index contributed by atoms with van der Waals surface area (Å²) in [5.41, 5.74) is 3.34. The van der Waals surface area contributed by atoms with Crippen LogP contribution in [-0.2, 0) is 11.2 Å². The molecule has 30 heavy (non-hydrogen) atoms. The lowest BCUT2D eigenvalue weighted by Gasteiger charge is -2.32. The molecule has 1 amide bonds. The second kappa shape index (κ2) is 8.75. The van der Waals surface area contributed by atoms with Crippen molar-refractivity contribution in [3.8, 4) is 0 Å². The zero-order valence-corrected chi connectivity index (χ0v) is 19.1. The maximum Gasteiger partial charge on any atom is 0.266 e. The molecule has 0 unspecified atom stereocenters. The summed E-state index contributed by atoms with van der Waals surface area (Å²) in [4.78, 5) is 24.6. The molecule has 1 atom stereocenters. The standard InChI is InChI=1S/C20H24N6O2S2/c1-5-17-24-25-20(30-17)23-14-8-11(2)21-15(9-14)16-10-26(6-7-28-16)19(27)18-12(3)22-13(4)29-18/h8-9,16H,5-7,10H2,1-4H3,(H,21,23,25)/t16-/m0/s1. The fourth-order valence-corrected chi connectivity index (χ4v) is 4.98. The van der Waals surface area contributed by atoms with Gasteiger partial charge in [0.1, 0.15) is 16.0 Å². The Kier molecular flexibility index (Phi) is 6.07. The Labute approximate surface area is 183 Å². The van der Waals surface area contributed by atoms with Crippen molar-refractivity contribution in [2.75, 3.05) is 25.0 Å². The number of thiazole rings is 1. The number of aromatic nitrogens is 4. The highest BCUT2D eigenvalue weighted by molar-refractivity contribution is 7.15. The zero-order valence-electron chi connectivity index (χ0n) is 17.4. The first-order chi connectivity index (χ1) is 14.4. The van der Waals surface area contributed by atoms with E-state index < -0.39 is 0 Å². The second-order valence-electron chi connectivity index (χ2n) is 7.16. The van der Waals surface area contributed by atoms with Crippen molar-refractivity contribution in [3.05, 3.63) is 44.1 Å². The van der Waals surface area contributed by atoms with E-state index in [1.54, 1.807) is 0 Å². The average Bonchev–Trinajstić information content (AvgIpc) is 3.32. The SMILES string of the molecule is CCc1nnc(Nc2cc(C)nc([C@@H]3CN(C(=O)c4sc(C)nc4C)CCO3)c2)s1. The van der Waals surface area contributed by atoms with Crippen LogP contribution in [0, 0.1) is 20.8 Å². The number of ether oxygens (including phenoxy) is 1. The molecule has 1 aliphatic heterocycles. The summed E-state index contributed by atoms with van der Waals surface area (Å²) in [5.74, 6) is 0.0124. The summed E-state index contributed by atoms with van der Waals surface area (Å²) in [6.45, 7) is 9.30. The number of morpholine rings is 1. The molecule has 3 aromatic rings. The number of amides is 1. The van der Waals surface area contributed by atoms with Gasteiger partial charge >= 0.3 is 0 Å². The van der Waals surface area contributed by atoms with Gasteiger partial charge in [0.15, 0.2) is 0 Å². The van der Waals surface area contributed by atoms with Crippen molar-refractivity contribution in [2.24, 2.45) is 0 Å². The van der Waals surface area contributed by atoms with Crippen LogP contribution in [0.3, 0.4) is 0 Å². The van der Waals surface area contributed by atoms with E-state index in [2.05, 4.69) is 32.4 Å². The molecule has 8 nitrogen and oxygen atoms in total. The Hall–Kier alpha value is -2.43. The normalized spacial score (nSPS) is 16.7. The minimum Gasteiger partial charge on any atom is -0.368 e. The summed E-state index contributed by atoms with van der Waals surface area (Å²) in [6, 6.07) is 3.92. The first kappa shape index (κ1) is 20.8. The van der Waals surface area contributed by atoms with Crippen LogP contribution in [0.25, 0.3) is 0 Å².